The first-order valence-electron chi connectivity index (χ1n) is 5.91. The predicted molar refractivity (Wildman–Crippen MR) is 77.6 cm³/mol. The molecule has 0 spiro atoms. The third kappa shape index (κ3) is 2.21. The van der Waals surface area contributed by atoms with Crippen LogP contribution in [0.4, 0.5) is 5.13 Å². The highest BCUT2D eigenvalue weighted by Crippen LogP contribution is 2.28. The van der Waals surface area contributed by atoms with Crippen LogP contribution in [0.3, 0.4) is 0 Å². The standard InChI is InChI=1S/C14H11N3O2S/c1-7-2-3-8-5-9(12(18)16-10(8)4-7)6-11-13(19)17-14(15)20-11/h2-6,19H,1H3,(H2,15,17). The highest BCUT2D eigenvalue weighted by Gasteiger charge is 2.13. The maximum atomic E-state index is 12.0. The zero-order valence-electron chi connectivity index (χ0n) is 10.6. The normalized spacial score (nSPS) is 15.7. The fraction of sp³-hybridized carbons (Fsp3) is 0.0714. The summed E-state index contributed by atoms with van der Waals surface area (Å²) in [6.07, 6.45) is 3.30. The molecule has 0 aliphatic carbocycles. The first kappa shape index (κ1) is 12.6. The van der Waals surface area contributed by atoms with Crippen molar-refractivity contribution in [1.82, 2.24) is 4.98 Å². The lowest BCUT2D eigenvalue weighted by Crippen LogP contribution is -2.30. The van der Waals surface area contributed by atoms with Gasteiger partial charge in [-0.3, -0.25) is 4.79 Å². The Morgan fingerprint density at radius 3 is 2.90 bits per heavy atom. The number of anilines is 1. The Morgan fingerprint density at radius 1 is 1.40 bits per heavy atom. The molecule has 3 rings (SSSR count). The fourth-order valence-electron chi connectivity index (χ4n) is 1.96. The third-order valence-electron chi connectivity index (χ3n) is 2.90. The summed E-state index contributed by atoms with van der Waals surface area (Å²) in [5, 5.41) is 11.4. The molecule has 20 heavy (non-hydrogen) atoms. The van der Waals surface area contributed by atoms with Crippen LogP contribution in [0.1, 0.15) is 10.4 Å². The molecule has 0 saturated heterocycles. The number of carbonyl (C=O) groups excluding carboxylic acids is 1. The summed E-state index contributed by atoms with van der Waals surface area (Å²) in [5.41, 5.74) is 6.97. The number of thiazole rings is 1. The Morgan fingerprint density at radius 2 is 2.20 bits per heavy atom. The van der Waals surface area contributed by atoms with Crippen LogP contribution in [-0.4, -0.2) is 16.0 Å². The van der Waals surface area contributed by atoms with Gasteiger partial charge in [-0.05, 0) is 30.7 Å². The molecule has 0 bridgehead atoms. The lowest BCUT2D eigenvalue weighted by molar-refractivity contribution is -0.114. The second kappa shape index (κ2) is 4.57. The molecule has 0 fully saturated rings. The molecule has 5 nitrogen and oxygen atoms in total. The molecular formula is C14H11N3O2S. The number of nitrogens with zero attached hydrogens (tertiary/aromatic N) is 2. The molecule has 0 atom stereocenters. The van der Waals surface area contributed by atoms with Crippen molar-refractivity contribution in [3.05, 3.63) is 44.8 Å². The number of aromatic nitrogens is 1. The first-order chi connectivity index (χ1) is 9.52. The van der Waals surface area contributed by atoms with Crippen molar-refractivity contribution in [3.63, 3.8) is 0 Å². The topological polar surface area (TPSA) is 88.6 Å². The summed E-state index contributed by atoms with van der Waals surface area (Å²) in [6, 6.07) is 5.73. The van der Waals surface area contributed by atoms with E-state index in [4.69, 9.17) is 5.73 Å². The Labute approximate surface area is 118 Å². The first-order valence-corrected chi connectivity index (χ1v) is 6.73. The van der Waals surface area contributed by atoms with Gasteiger partial charge in [0.25, 0.3) is 5.91 Å². The van der Waals surface area contributed by atoms with Gasteiger partial charge in [-0.2, -0.15) is 4.98 Å². The second-order valence-corrected chi connectivity index (χ2v) is 5.53. The van der Waals surface area contributed by atoms with Crippen molar-refractivity contribution in [2.24, 2.45) is 4.99 Å². The summed E-state index contributed by atoms with van der Waals surface area (Å²) in [5.74, 6) is -0.509. The van der Waals surface area contributed by atoms with Crippen LogP contribution in [0.2, 0.25) is 0 Å². The number of nitrogen functional groups attached to an aromatic ring is 1. The van der Waals surface area contributed by atoms with Gasteiger partial charge in [-0.1, -0.05) is 23.5 Å². The van der Waals surface area contributed by atoms with Crippen molar-refractivity contribution >= 4 is 34.5 Å². The number of carbonyl (C=O) groups is 1. The minimum absolute atomic E-state index is 0.170. The zero-order valence-corrected chi connectivity index (χ0v) is 11.4. The minimum Gasteiger partial charge on any atom is -0.492 e. The van der Waals surface area contributed by atoms with Gasteiger partial charge in [0.15, 0.2) is 5.13 Å². The van der Waals surface area contributed by atoms with Gasteiger partial charge < -0.3 is 10.8 Å². The molecular weight excluding hydrogens is 274 g/mol. The average molecular weight is 285 g/mol. The Bertz CT molecular complexity index is 865. The van der Waals surface area contributed by atoms with E-state index in [0.717, 1.165) is 22.1 Å². The number of aryl methyl sites for hydroxylation is 1. The maximum absolute atomic E-state index is 12.0. The Balaban J connectivity index is 2.15. The molecule has 1 aliphatic heterocycles. The van der Waals surface area contributed by atoms with E-state index in [1.54, 1.807) is 12.2 Å². The van der Waals surface area contributed by atoms with E-state index in [1.807, 2.05) is 25.1 Å². The van der Waals surface area contributed by atoms with Crippen molar-refractivity contribution < 1.29 is 9.90 Å². The number of hydrogen-bond acceptors (Lipinski definition) is 5. The zero-order chi connectivity index (χ0) is 14.3. The molecule has 3 N–H and O–H groups in total. The molecule has 0 radical (unpaired) electrons. The average Bonchev–Trinajstić information content (AvgIpc) is 2.69. The molecule has 1 aliphatic rings. The Kier molecular flexibility index (Phi) is 2.87. The molecule has 0 saturated carbocycles. The highest BCUT2D eigenvalue weighted by molar-refractivity contribution is 7.16. The summed E-state index contributed by atoms with van der Waals surface area (Å²) in [6.45, 7) is 1.95. The number of rotatable bonds is 1. The lowest BCUT2D eigenvalue weighted by Gasteiger charge is -2.03. The van der Waals surface area contributed by atoms with Gasteiger partial charge in [-0.25, -0.2) is 4.99 Å². The van der Waals surface area contributed by atoms with Crippen LogP contribution < -0.4 is 16.3 Å². The number of amides is 1. The molecule has 1 aromatic carbocycles. The van der Waals surface area contributed by atoms with Gasteiger partial charge in [0, 0.05) is 10.8 Å². The van der Waals surface area contributed by atoms with Crippen molar-refractivity contribution in [2.45, 2.75) is 6.92 Å². The molecule has 0 unspecified atom stereocenters. The minimum atomic E-state index is -0.338. The van der Waals surface area contributed by atoms with E-state index < -0.39 is 0 Å². The van der Waals surface area contributed by atoms with E-state index in [0.29, 0.717) is 15.8 Å². The molecule has 1 amide bonds. The van der Waals surface area contributed by atoms with Gasteiger partial charge in [-0.15, -0.1) is 0 Å². The van der Waals surface area contributed by atoms with Crippen molar-refractivity contribution in [3.8, 4) is 5.88 Å². The molecule has 1 aromatic heterocycles. The number of hydrogen-bond donors (Lipinski definition) is 2. The van der Waals surface area contributed by atoms with Gasteiger partial charge >= 0.3 is 0 Å². The van der Waals surface area contributed by atoms with E-state index in [9.17, 15) is 9.90 Å². The maximum Gasteiger partial charge on any atom is 0.277 e. The quantitative estimate of drug-likeness (QED) is 0.757. The van der Waals surface area contributed by atoms with Crippen LogP contribution in [-0.2, 0) is 4.79 Å². The van der Waals surface area contributed by atoms with E-state index in [2.05, 4.69) is 9.98 Å². The van der Waals surface area contributed by atoms with E-state index in [-0.39, 0.29) is 16.9 Å². The van der Waals surface area contributed by atoms with Crippen LogP contribution in [0.15, 0.2) is 28.8 Å². The third-order valence-corrected chi connectivity index (χ3v) is 3.72. The SMILES string of the molecule is Cc1ccc2c(c1)=NC(=O)C(=Cc1sc(N)nc1O)C=2. The Hall–Kier alpha value is -2.47. The monoisotopic (exact) mass is 285 g/mol. The molecule has 2 heterocycles. The largest absolute Gasteiger partial charge is 0.492 e. The van der Waals surface area contributed by atoms with Crippen LogP contribution in [0.5, 0.6) is 5.88 Å². The van der Waals surface area contributed by atoms with E-state index >= 15 is 0 Å². The number of benzene rings is 1. The second-order valence-electron chi connectivity index (χ2n) is 4.46. The van der Waals surface area contributed by atoms with Gasteiger partial charge in [0.05, 0.1) is 10.2 Å². The summed E-state index contributed by atoms with van der Waals surface area (Å²) >= 11 is 1.12. The molecule has 2 aromatic rings. The number of aromatic hydroxyl groups is 1. The fourth-order valence-corrected chi connectivity index (χ4v) is 2.64. The summed E-state index contributed by atoms with van der Waals surface area (Å²) in [4.78, 5) is 20.2. The van der Waals surface area contributed by atoms with Crippen LogP contribution >= 0.6 is 11.3 Å². The predicted octanol–water partition coefficient (Wildman–Crippen LogP) is 0.763. The number of fused-ring (bicyclic) bond motifs is 1. The van der Waals surface area contributed by atoms with E-state index in [1.165, 1.54) is 0 Å². The van der Waals surface area contributed by atoms with Crippen molar-refractivity contribution in [2.75, 3.05) is 5.73 Å². The van der Waals surface area contributed by atoms with Crippen LogP contribution in [0.25, 0.3) is 12.2 Å². The lowest BCUT2D eigenvalue weighted by atomic mass is 10.1. The van der Waals surface area contributed by atoms with Gasteiger partial charge in [0.2, 0.25) is 5.88 Å². The molecule has 6 heteroatoms. The highest BCUT2D eigenvalue weighted by atomic mass is 32.1. The van der Waals surface area contributed by atoms with Crippen molar-refractivity contribution in [1.29, 1.82) is 0 Å². The summed E-state index contributed by atoms with van der Waals surface area (Å²) < 4.78 is 0. The smallest absolute Gasteiger partial charge is 0.277 e. The number of nitrogens with two attached hydrogens (primary N) is 1. The van der Waals surface area contributed by atoms with Crippen LogP contribution in [0, 0.1) is 6.92 Å². The van der Waals surface area contributed by atoms with Gasteiger partial charge in [0.1, 0.15) is 0 Å². The summed E-state index contributed by atoms with van der Waals surface area (Å²) in [7, 11) is 0. The molecule has 100 valence electrons.